The average Bonchev–Trinajstić information content (AvgIpc) is 2.84. The van der Waals surface area contributed by atoms with Crippen molar-refractivity contribution in [3.63, 3.8) is 0 Å². The predicted octanol–water partition coefficient (Wildman–Crippen LogP) is 1.51. The van der Waals surface area contributed by atoms with E-state index in [1.165, 1.54) is 11.3 Å². The molecule has 0 unspecified atom stereocenters. The largest absolute Gasteiger partial charge is 0.396 e. The molecule has 0 bridgehead atoms. The van der Waals surface area contributed by atoms with E-state index in [4.69, 9.17) is 5.11 Å². The van der Waals surface area contributed by atoms with Crippen LogP contribution in [0.2, 0.25) is 0 Å². The van der Waals surface area contributed by atoms with Crippen LogP contribution in [0.3, 0.4) is 0 Å². The second-order valence-corrected chi connectivity index (χ2v) is 4.94. The van der Waals surface area contributed by atoms with Crippen LogP contribution in [0.15, 0.2) is 11.4 Å². The minimum atomic E-state index is 0.124. The molecule has 2 rings (SSSR count). The first-order valence-electron chi connectivity index (χ1n) is 5.16. The number of nitrogens with zero attached hydrogens (tertiary/aromatic N) is 1. The van der Waals surface area contributed by atoms with Crippen LogP contribution in [-0.4, -0.2) is 35.6 Å². The van der Waals surface area contributed by atoms with Gasteiger partial charge in [-0.2, -0.15) is 0 Å². The molecule has 0 aliphatic carbocycles. The maximum atomic E-state index is 12.0. The Balaban J connectivity index is 2.07. The zero-order valence-electron chi connectivity index (χ0n) is 8.77. The van der Waals surface area contributed by atoms with Crippen LogP contribution in [0.5, 0.6) is 0 Å². The summed E-state index contributed by atoms with van der Waals surface area (Å²) in [7, 11) is 0. The van der Waals surface area contributed by atoms with E-state index in [0.29, 0.717) is 6.54 Å². The summed E-state index contributed by atoms with van der Waals surface area (Å²) in [5.74, 6) is 0.396. The Morgan fingerprint density at radius 1 is 1.73 bits per heavy atom. The highest BCUT2D eigenvalue weighted by atomic mass is 32.1. The first-order valence-corrected chi connectivity index (χ1v) is 6.04. The number of aliphatic hydroxyl groups is 1. The second-order valence-electron chi connectivity index (χ2n) is 4.02. The molecule has 1 atom stereocenters. The van der Waals surface area contributed by atoms with E-state index in [9.17, 15) is 4.79 Å². The van der Waals surface area contributed by atoms with E-state index >= 15 is 0 Å². The number of amides is 1. The molecule has 15 heavy (non-hydrogen) atoms. The summed E-state index contributed by atoms with van der Waals surface area (Å²) >= 11 is 1.50. The number of hydrogen-bond acceptors (Lipinski definition) is 3. The lowest BCUT2D eigenvalue weighted by Crippen LogP contribution is -2.28. The molecule has 1 N–H and O–H groups in total. The van der Waals surface area contributed by atoms with Crippen LogP contribution in [0.25, 0.3) is 0 Å². The average molecular weight is 225 g/mol. The van der Waals surface area contributed by atoms with Crippen molar-refractivity contribution < 1.29 is 9.90 Å². The second kappa shape index (κ2) is 4.33. The minimum absolute atomic E-state index is 0.124. The summed E-state index contributed by atoms with van der Waals surface area (Å²) in [6.45, 7) is 3.63. The van der Waals surface area contributed by atoms with Crippen LogP contribution in [0.1, 0.15) is 21.7 Å². The highest BCUT2D eigenvalue weighted by Crippen LogP contribution is 2.22. The van der Waals surface area contributed by atoms with Crippen LogP contribution in [0.4, 0.5) is 0 Å². The van der Waals surface area contributed by atoms with Crippen molar-refractivity contribution in [1.82, 2.24) is 4.90 Å². The fraction of sp³-hybridized carbons (Fsp3) is 0.545. The van der Waals surface area contributed by atoms with Gasteiger partial charge in [0.15, 0.2) is 0 Å². The van der Waals surface area contributed by atoms with E-state index in [2.05, 4.69) is 0 Å². The molecule has 2 heterocycles. The van der Waals surface area contributed by atoms with Crippen molar-refractivity contribution in [2.24, 2.45) is 5.92 Å². The molecule has 1 saturated heterocycles. The third-order valence-corrected chi connectivity index (χ3v) is 3.89. The monoisotopic (exact) mass is 225 g/mol. The molecular weight excluding hydrogens is 210 g/mol. The number of carbonyl (C=O) groups excluding carboxylic acids is 1. The van der Waals surface area contributed by atoms with E-state index in [0.717, 1.165) is 23.4 Å². The lowest BCUT2D eigenvalue weighted by Gasteiger charge is -2.15. The van der Waals surface area contributed by atoms with Crippen molar-refractivity contribution in [3.8, 4) is 0 Å². The molecule has 1 aliphatic rings. The van der Waals surface area contributed by atoms with Gasteiger partial charge in [0.05, 0.1) is 4.88 Å². The summed E-state index contributed by atoms with van der Waals surface area (Å²) in [6, 6.07) is 1.97. The van der Waals surface area contributed by atoms with Crippen molar-refractivity contribution in [3.05, 3.63) is 21.9 Å². The fourth-order valence-corrected chi connectivity index (χ4v) is 2.79. The van der Waals surface area contributed by atoms with Crippen LogP contribution in [0, 0.1) is 12.8 Å². The highest BCUT2D eigenvalue weighted by Gasteiger charge is 2.27. The number of thiophene rings is 1. The number of rotatable bonds is 2. The van der Waals surface area contributed by atoms with Gasteiger partial charge in [-0.1, -0.05) is 0 Å². The van der Waals surface area contributed by atoms with Gasteiger partial charge in [-0.15, -0.1) is 11.3 Å². The van der Waals surface area contributed by atoms with Gasteiger partial charge in [-0.25, -0.2) is 0 Å². The number of aliphatic hydroxyl groups excluding tert-OH is 1. The molecule has 0 spiro atoms. The summed E-state index contributed by atoms with van der Waals surface area (Å²) in [6.07, 6.45) is 0.923. The lowest BCUT2D eigenvalue weighted by molar-refractivity contribution is 0.0786. The number of aryl methyl sites for hydroxylation is 1. The first kappa shape index (κ1) is 10.6. The summed E-state index contributed by atoms with van der Waals surface area (Å²) < 4.78 is 0. The predicted molar refractivity (Wildman–Crippen MR) is 60.2 cm³/mol. The van der Waals surface area contributed by atoms with Gasteiger partial charge >= 0.3 is 0 Å². The Morgan fingerprint density at radius 2 is 2.53 bits per heavy atom. The molecule has 0 aromatic carbocycles. The van der Waals surface area contributed by atoms with E-state index in [-0.39, 0.29) is 18.4 Å². The number of likely N-dealkylation sites (tertiary alicyclic amines) is 1. The Kier molecular flexibility index (Phi) is 3.07. The first-order chi connectivity index (χ1) is 7.22. The van der Waals surface area contributed by atoms with E-state index in [1.54, 1.807) is 0 Å². The zero-order chi connectivity index (χ0) is 10.8. The van der Waals surface area contributed by atoms with E-state index in [1.807, 2.05) is 23.3 Å². The van der Waals surface area contributed by atoms with Gasteiger partial charge in [0.1, 0.15) is 0 Å². The summed E-state index contributed by atoms with van der Waals surface area (Å²) in [5.41, 5.74) is 1.05. The minimum Gasteiger partial charge on any atom is -0.396 e. The molecule has 1 amide bonds. The van der Waals surface area contributed by atoms with Gasteiger partial charge in [0, 0.05) is 25.6 Å². The molecule has 1 fully saturated rings. The normalized spacial score (nSPS) is 20.9. The maximum Gasteiger partial charge on any atom is 0.264 e. The van der Waals surface area contributed by atoms with Crippen molar-refractivity contribution in [2.45, 2.75) is 13.3 Å². The van der Waals surface area contributed by atoms with Crippen molar-refractivity contribution in [1.29, 1.82) is 0 Å². The quantitative estimate of drug-likeness (QED) is 0.829. The van der Waals surface area contributed by atoms with Gasteiger partial charge < -0.3 is 10.0 Å². The number of carbonyl (C=O) groups is 1. The van der Waals surface area contributed by atoms with Crippen molar-refractivity contribution in [2.75, 3.05) is 19.7 Å². The fourth-order valence-electron chi connectivity index (χ4n) is 1.90. The highest BCUT2D eigenvalue weighted by molar-refractivity contribution is 7.12. The Labute approximate surface area is 93.3 Å². The Bertz CT molecular complexity index is 361. The lowest BCUT2D eigenvalue weighted by atomic mass is 10.1. The van der Waals surface area contributed by atoms with Crippen LogP contribution in [-0.2, 0) is 0 Å². The zero-order valence-corrected chi connectivity index (χ0v) is 9.59. The van der Waals surface area contributed by atoms with Gasteiger partial charge in [0.2, 0.25) is 0 Å². The molecule has 0 saturated carbocycles. The molecule has 1 aromatic heterocycles. The van der Waals surface area contributed by atoms with E-state index < -0.39 is 0 Å². The standard InChI is InChI=1S/C11H15NO2S/c1-8-3-5-15-10(8)11(14)12-4-2-9(6-12)7-13/h3,5,9,13H,2,4,6-7H2,1H3/t9-/m0/s1. The molecule has 1 aromatic rings. The van der Waals surface area contributed by atoms with Crippen LogP contribution < -0.4 is 0 Å². The van der Waals surface area contributed by atoms with Gasteiger partial charge in [-0.05, 0) is 30.4 Å². The smallest absolute Gasteiger partial charge is 0.264 e. The van der Waals surface area contributed by atoms with Crippen molar-refractivity contribution >= 4 is 17.2 Å². The molecule has 4 heteroatoms. The third kappa shape index (κ3) is 2.06. The van der Waals surface area contributed by atoms with Crippen LogP contribution >= 0.6 is 11.3 Å². The summed E-state index contributed by atoms with van der Waals surface area (Å²) in [4.78, 5) is 14.7. The summed E-state index contributed by atoms with van der Waals surface area (Å²) in [5, 5.41) is 11.0. The molecule has 3 nitrogen and oxygen atoms in total. The Hall–Kier alpha value is -0.870. The molecule has 82 valence electrons. The van der Waals surface area contributed by atoms with Gasteiger partial charge in [-0.3, -0.25) is 4.79 Å². The Morgan fingerprint density at radius 3 is 3.07 bits per heavy atom. The molecular formula is C11H15NO2S. The SMILES string of the molecule is Cc1ccsc1C(=O)N1CC[C@H](CO)C1. The maximum absolute atomic E-state index is 12.0. The number of hydrogen-bond donors (Lipinski definition) is 1. The molecule has 0 radical (unpaired) electrons. The third-order valence-electron chi connectivity index (χ3n) is 2.89. The topological polar surface area (TPSA) is 40.5 Å². The van der Waals surface area contributed by atoms with Gasteiger partial charge in [0.25, 0.3) is 5.91 Å². The molecule has 1 aliphatic heterocycles.